The van der Waals surface area contributed by atoms with Crippen molar-refractivity contribution in [1.29, 1.82) is 0 Å². The van der Waals surface area contributed by atoms with Gasteiger partial charge in [0.2, 0.25) is 5.91 Å². The quantitative estimate of drug-likeness (QED) is 0.395. The molecule has 0 saturated carbocycles. The van der Waals surface area contributed by atoms with Crippen molar-refractivity contribution in [2.75, 3.05) is 32.1 Å². The van der Waals surface area contributed by atoms with Gasteiger partial charge in [0.1, 0.15) is 10.0 Å². The summed E-state index contributed by atoms with van der Waals surface area (Å²) >= 11 is 2.85. The van der Waals surface area contributed by atoms with E-state index in [4.69, 9.17) is 4.74 Å². The van der Waals surface area contributed by atoms with Crippen LogP contribution in [-0.2, 0) is 28.7 Å². The van der Waals surface area contributed by atoms with E-state index in [1.54, 1.807) is 7.11 Å². The minimum absolute atomic E-state index is 0.124. The highest BCUT2D eigenvalue weighted by atomic mass is 32.1. The molecule has 6 nitrogen and oxygen atoms in total. The highest BCUT2D eigenvalue weighted by Crippen LogP contribution is 2.45. The van der Waals surface area contributed by atoms with Crippen molar-refractivity contribution in [1.82, 2.24) is 15.6 Å². The fraction of sp³-hybridized carbons (Fsp3) is 0.455. The van der Waals surface area contributed by atoms with Crippen LogP contribution in [0, 0.1) is 0 Å². The molecular weight excluding hydrogens is 473 g/mol. The number of nitrogens with zero attached hydrogens (tertiary/aromatic N) is 1. The summed E-state index contributed by atoms with van der Waals surface area (Å²) in [5.41, 5.74) is 1.53. The van der Waals surface area contributed by atoms with Gasteiger partial charge >= 0.3 is 6.18 Å². The summed E-state index contributed by atoms with van der Waals surface area (Å²) < 4.78 is 45.1. The van der Waals surface area contributed by atoms with Crippen LogP contribution in [0.3, 0.4) is 0 Å². The number of carbonyl (C=O) groups is 1. The Hall–Kier alpha value is -2.05. The highest BCUT2D eigenvalue weighted by molar-refractivity contribution is 7.22. The van der Waals surface area contributed by atoms with Crippen molar-refractivity contribution in [3.63, 3.8) is 0 Å². The number of hydrogen-bond donors (Lipinski definition) is 3. The van der Waals surface area contributed by atoms with E-state index in [2.05, 4.69) is 27.9 Å². The van der Waals surface area contributed by atoms with Gasteiger partial charge in [-0.05, 0) is 37.1 Å². The number of anilines is 1. The molecule has 3 heterocycles. The third-order valence-corrected chi connectivity index (χ3v) is 7.61. The summed E-state index contributed by atoms with van der Waals surface area (Å²) in [6, 6.07) is 3.89. The molecule has 0 spiro atoms. The Morgan fingerprint density at radius 2 is 2.12 bits per heavy atom. The zero-order valence-electron chi connectivity index (χ0n) is 18.3. The maximum Gasteiger partial charge on any atom is 0.416 e. The average molecular weight is 499 g/mol. The number of ether oxygens (including phenoxy) is 1. The third kappa shape index (κ3) is 5.55. The number of thiazole rings is 1. The van der Waals surface area contributed by atoms with E-state index in [9.17, 15) is 18.0 Å². The first-order valence-electron chi connectivity index (χ1n) is 10.6. The number of nitrogens with one attached hydrogen (secondary N) is 3. The number of benzene rings is 1. The molecule has 1 aliphatic rings. The van der Waals surface area contributed by atoms with Crippen LogP contribution in [0.4, 0.5) is 18.2 Å². The molecule has 3 N–H and O–H groups in total. The lowest BCUT2D eigenvalue weighted by Gasteiger charge is -2.20. The van der Waals surface area contributed by atoms with Gasteiger partial charge in [-0.15, -0.1) is 22.7 Å². The molecule has 1 aliphatic heterocycles. The highest BCUT2D eigenvalue weighted by Gasteiger charge is 2.31. The summed E-state index contributed by atoms with van der Waals surface area (Å²) in [5.74, 6) is -0.124. The molecule has 0 saturated heterocycles. The number of aromatic nitrogens is 1. The molecule has 0 unspecified atom stereocenters. The van der Waals surface area contributed by atoms with E-state index in [-0.39, 0.29) is 11.9 Å². The summed E-state index contributed by atoms with van der Waals surface area (Å²) in [6.07, 6.45) is -3.36. The summed E-state index contributed by atoms with van der Waals surface area (Å²) in [4.78, 5) is 18.3. The number of rotatable bonds is 8. The van der Waals surface area contributed by atoms with Crippen LogP contribution in [0.5, 0.6) is 0 Å². The first-order chi connectivity index (χ1) is 15.8. The Balaban J connectivity index is 1.64. The zero-order valence-corrected chi connectivity index (χ0v) is 19.9. The van der Waals surface area contributed by atoms with Crippen molar-refractivity contribution in [3.8, 4) is 10.6 Å². The number of halogens is 3. The van der Waals surface area contributed by atoms with Crippen molar-refractivity contribution in [3.05, 3.63) is 34.2 Å². The Labute approximate surface area is 197 Å². The van der Waals surface area contributed by atoms with Crippen LogP contribution in [-0.4, -0.2) is 43.7 Å². The molecule has 11 heteroatoms. The average Bonchev–Trinajstić information content (AvgIpc) is 3.32. The van der Waals surface area contributed by atoms with E-state index >= 15 is 0 Å². The molecule has 33 heavy (non-hydrogen) atoms. The van der Waals surface area contributed by atoms with Gasteiger partial charge in [-0.2, -0.15) is 13.2 Å². The number of amides is 1. The molecule has 4 rings (SSSR count). The van der Waals surface area contributed by atoms with E-state index < -0.39 is 11.7 Å². The number of thiophene rings is 1. The van der Waals surface area contributed by atoms with Crippen LogP contribution >= 0.6 is 22.7 Å². The van der Waals surface area contributed by atoms with E-state index in [1.807, 2.05) is 0 Å². The Morgan fingerprint density at radius 1 is 1.30 bits per heavy atom. The Bertz CT molecular complexity index is 1140. The minimum Gasteiger partial charge on any atom is -0.383 e. The second-order valence-electron chi connectivity index (χ2n) is 7.93. The number of alkyl halides is 3. The molecule has 0 aliphatic carbocycles. The molecule has 0 radical (unpaired) electrons. The van der Waals surface area contributed by atoms with Crippen LogP contribution in [0.15, 0.2) is 18.2 Å². The van der Waals surface area contributed by atoms with E-state index in [0.29, 0.717) is 52.9 Å². The predicted octanol–water partition coefficient (Wildman–Crippen LogP) is 4.64. The lowest BCUT2D eigenvalue weighted by Crippen LogP contribution is -2.32. The molecule has 2 aromatic heterocycles. The fourth-order valence-corrected chi connectivity index (χ4v) is 6.02. The van der Waals surface area contributed by atoms with Crippen molar-refractivity contribution in [2.45, 2.75) is 38.5 Å². The van der Waals surface area contributed by atoms with Gasteiger partial charge in [-0.3, -0.25) is 4.79 Å². The van der Waals surface area contributed by atoms with Gasteiger partial charge < -0.3 is 20.7 Å². The van der Waals surface area contributed by atoms with Gasteiger partial charge in [-0.25, -0.2) is 4.98 Å². The van der Waals surface area contributed by atoms with Crippen molar-refractivity contribution < 1.29 is 22.7 Å². The van der Waals surface area contributed by atoms with Crippen LogP contribution in [0.1, 0.15) is 29.3 Å². The summed E-state index contributed by atoms with van der Waals surface area (Å²) in [5, 5.41) is 10.9. The lowest BCUT2D eigenvalue weighted by molar-refractivity contribution is -0.137. The summed E-state index contributed by atoms with van der Waals surface area (Å²) in [7, 11) is 1.62. The first-order valence-corrected chi connectivity index (χ1v) is 12.2. The Kier molecular flexibility index (Phi) is 7.34. The normalized spacial score (nSPS) is 16.2. The molecule has 1 atom stereocenters. The molecular formula is C22H25F3N4O2S2. The molecule has 1 amide bonds. The van der Waals surface area contributed by atoms with Gasteiger partial charge in [0, 0.05) is 49.6 Å². The lowest BCUT2D eigenvalue weighted by atomic mass is 9.99. The molecule has 3 aromatic rings. The second kappa shape index (κ2) is 10.1. The number of carbonyl (C=O) groups excluding carboxylic acids is 1. The fourth-order valence-electron chi connectivity index (χ4n) is 3.73. The molecule has 0 bridgehead atoms. The molecule has 0 fully saturated rings. The second-order valence-corrected chi connectivity index (χ2v) is 10.1. The number of hydrogen-bond acceptors (Lipinski definition) is 7. The topological polar surface area (TPSA) is 75.3 Å². The third-order valence-electron chi connectivity index (χ3n) is 5.41. The van der Waals surface area contributed by atoms with Gasteiger partial charge in [-0.1, -0.05) is 0 Å². The van der Waals surface area contributed by atoms with E-state index in [0.717, 1.165) is 34.6 Å². The largest absolute Gasteiger partial charge is 0.416 e. The maximum atomic E-state index is 13.2. The van der Waals surface area contributed by atoms with Crippen LogP contribution < -0.4 is 16.0 Å². The Morgan fingerprint density at radius 3 is 2.88 bits per heavy atom. The molecule has 178 valence electrons. The number of methoxy groups -OCH3 is 1. The smallest absolute Gasteiger partial charge is 0.383 e. The van der Waals surface area contributed by atoms with Crippen LogP contribution in [0.2, 0.25) is 0 Å². The predicted molar refractivity (Wildman–Crippen MR) is 126 cm³/mol. The zero-order chi connectivity index (χ0) is 23.6. The van der Waals surface area contributed by atoms with Gasteiger partial charge in [0.25, 0.3) is 0 Å². The van der Waals surface area contributed by atoms with Gasteiger partial charge in [0.15, 0.2) is 0 Å². The number of fused-ring (bicyclic) bond motifs is 2. The molecule has 1 aromatic carbocycles. The first kappa shape index (κ1) is 24.1. The van der Waals surface area contributed by atoms with Crippen molar-refractivity contribution >= 4 is 43.8 Å². The maximum absolute atomic E-state index is 13.2. The monoisotopic (exact) mass is 498 g/mol. The van der Waals surface area contributed by atoms with Gasteiger partial charge in [0.05, 0.1) is 22.4 Å². The van der Waals surface area contributed by atoms with E-state index in [1.165, 1.54) is 28.7 Å². The van der Waals surface area contributed by atoms with Crippen LogP contribution in [0.25, 0.3) is 20.8 Å². The SMILES string of the molecule is COCCNCCC(=O)Nc1sc2c(c1-c1nc3cc(C(F)(F)F)ccc3s1)C[C@@H](C)NC2. The minimum atomic E-state index is -4.42. The standard InChI is InChI=1S/C22H25F3N4O2S2/c1-12-9-14-17(11-27-12)33-21(29-18(30)5-6-26-7-8-31-2)19(14)20-28-15-10-13(22(23,24)25)3-4-16(15)32-20/h3-4,10,12,26-27H,5-9,11H2,1-2H3,(H,29,30)/t12-/m1/s1. The van der Waals surface area contributed by atoms with Crippen molar-refractivity contribution in [2.24, 2.45) is 0 Å². The summed E-state index contributed by atoms with van der Waals surface area (Å²) in [6.45, 7) is 4.53.